The van der Waals surface area contributed by atoms with E-state index in [1.54, 1.807) is 12.1 Å². The summed E-state index contributed by atoms with van der Waals surface area (Å²) in [5.41, 5.74) is 0.621. The van der Waals surface area contributed by atoms with Crippen LogP contribution >= 0.6 is 0 Å². The molecule has 1 heterocycles. The number of phenolic OH excluding ortho intramolecular Hbond substituents is 1. The highest BCUT2D eigenvalue weighted by Gasteiger charge is 2.35. The van der Waals surface area contributed by atoms with E-state index >= 15 is 0 Å². The van der Waals surface area contributed by atoms with E-state index in [1.165, 1.54) is 12.1 Å². The zero-order valence-electron chi connectivity index (χ0n) is 12.3. The SMILES string of the molecule is O=C(O)C[C@H]1COC[C@H](NC(=O)Cc2cccc(O)c2)B(O)O1. The molecule has 8 nitrogen and oxygen atoms in total. The first-order valence-electron chi connectivity index (χ1n) is 7.14. The zero-order chi connectivity index (χ0) is 16.8. The monoisotopic (exact) mass is 323 g/mol. The number of carboxylic acids is 1. The summed E-state index contributed by atoms with van der Waals surface area (Å²) < 4.78 is 10.5. The topological polar surface area (TPSA) is 125 Å². The Hall–Kier alpha value is -2.10. The number of hydrogen-bond donors (Lipinski definition) is 4. The lowest BCUT2D eigenvalue weighted by Crippen LogP contribution is -2.50. The molecule has 2 atom stereocenters. The van der Waals surface area contributed by atoms with Crippen molar-refractivity contribution in [2.45, 2.75) is 24.9 Å². The third-order valence-corrected chi connectivity index (χ3v) is 3.30. The summed E-state index contributed by atoms with van der Waals surface area (Å²) in [5, 5.41) is 30.6. The maximum Gasteiger partial charge on any atom is 0.480 e. The Labute approximate surface area is 133 Å². The molecule has 1 aliphatic rings. The van der Waals surface area contributed by atoms with Crippen LogP contribution in [0.15, 0.2) is 24.3 Å². The summed E-state index contributed by atoms with van der Waals surface area (Å²) in [6.45, 7) is 0.0470. The summed E-state index contributed by atoms with van der Waals surface area (Å²) in [7, 11) is -1.35. The Morgan fingerprint density at radius 2 is 2.13 bits per heavy atom. The number of carbonyl (C=O) groups is 2. The smallest absolute Gasteiger partial charge is 0.480 e. The molecule has 4 N–H and O–H groups in total. The van der Waals surface area contributed by atoms with Crippen LogP contribution in [0, 0.1) is 0 Å². The lowest BCUT2D eigenvalue weighted by molar-refractivity contribution is -0.139. The lowest BCUT2D eigenvalue weighted by atomic mass is 9.79. The van der Waals surface area contributed by atoms with Crippen LogP contribution in [0.25, 0.3) is 0 Å². The van der Waals surface area contributed by atoms with Gasteiger partial charge in [-0.2, -0.15) is 0 Å². The standard InChI is InChI=1S/C14H18BNO7/c17-10-3-1-2-9(4-10)5-13(18)16-12-8-22-7-11(6-14(19)20)23-15(12)21/h1-4,11-12,17,21H,5-8H2,(H,16,18)(H,19,20)/t11-,12-/m0/s1. The van der Waals surface area contributed by atoms with Crippen molar-refractivity contribution in [3.05, 3.63) is 29.8 Å². The van der Waals surface area contributed by atoms with Crippen LogP contribution < -0.4 is 5.32 Å². The van der Waals surface area contributed by atoms with Gasteiger partial charge in [0.15, 0.2) is 0 Å². The molecule has 1 amide bonds. The van der Waals surface area contributed by atoms with Gasteiger partial charge in [-0.25, -0.2) is 0 Å². The van der Waals surface area contributed by atoms with Crippen molar-refractivity contribution in [1.29, 1.82) is 0 Å². The Bertz CT molecular complexity index is 568. The van der Waals surface area contributed by atoms with Gasteiger partial charge in [0.1, 0.15) is 5.75 Å². The van der Waals surface area contributed by atoms with Crippen LogP contribution in [0.4, 0.5) is 0 Å². The van der Waals surface area contributed by atoms with Crippen LogP contribution in [0.3, 0.4) is 0 Å². The first kappa shape index (κ1) is 17.3. The number of carboxylic acid groups (broad SMARTS) is 1. The van der Waals surface area contributed by atoms with Crippen molar-refractivity contribution in [3.63, 3.8) is 0 Å². The number of aromatic hydroxyl groups is 1. The Morgan fingerprint density at radius 3 is 2.83 bits per heavy atom. The molecule has 9 heteroatoms. The van der Waals surface area contributed by atoms with Crippen LogP contribution in [0.5, 0.6) is 5.75 Å². The molecule has 0 spiro atoms. The Morgan fingerprint density at radius 1 is 1.35 bits per heavy atom. The summed E-state index contributed by atoms with van der Waals surface area (Å²) in [6, 6.07) is 6.29. The predicted molar refractivity (Wildman–Crippen MR) is 79.7 cm³/mol. The number of hydrogen-bond acceptors (Lipinski definition) is 6. The maximum absolute atomic E-state index is 12.0. The molecule has 124 valence electrons. The Balaban J connectivity index is 1.88. The number of benzene rings is 1. The van der Waals surface area contributed by atoms with Gasteiger partial charge in [0, 0.05) is 0 Å². The van der Waals surface area contributed by atoms with Crippen molar-refractivity contribution in [2.75, 3.05) is 13.2 Å². The molecule has 1 aromatic carbocycles. The first-order chi connectivity index (χ1) is 10.9. The van der Waals surface area contributed by atoms with E-state index in [0.717, 1.165) is 0 Å². The van der Waals surface area contributed by atoms with E-state index in [1.807, 2.05) is 0 Å². The molecule has 0 aliphatic carbocycles. The van der Waals surface area contributed by atoms with Crippen LogP contribution in [-0.4, -0.2) is 59.5 Å². The molecule has 1 aromatic rings. The fourth-order valence-corrected chi connectivity index (χ4v) is 2.26. The minimum Gasteiger partial charge on any atom is -0.508 e. The maximum atomic E-state index is 12.0. The van der Waals surface area contributed by atoms with E-state index in [9.17, 15) is 19.7 Å². The molecule has 0 saturated carbocycles. The van der Waals surface area contributed by atoms with Gasteiger partial charge < -0.3 is 29.9 Å². The molecule has 2 rings (SSSR count). The highest BCUT2D eigenvalue weighted by molar-refractivity contribution is 6.45. The molecule has 0 unspecified atom stereocenters. The van der Waals surface area contributed by atoms with Crippen LogP contribution in [0.2, 0.25) is 0 Å². The zero-order valence-corrected chi connectivity index (χ0v) is 12.3. The summed E-state index contributed by atoms with van der Waals surface area (Å²) in [6.07, 6.45) is -1.03. The van der Waals surface area contributed by atoms with Gasteiger partial charge in [0.05, 0.1) is 38.1 Å². The number of carbonyl (C=O) groups excluding carboxylic acids is 1. The largest absolute Gasteiger partial charge is 0.508 e. The summed E-state index contributed by atoms with van der Waals surface area (Å²) >= 11 is 0. The second-order valence-electron chi connectivity index (χ2n) is 5.30. The van der Waals surface area contributed by atoms with Crippen LogP contribution in [-0.2, 0) is 25.4 Å². The summed E-state index contributed by atoms with van der Waals surface area (Å²) in [4.78, 5) is 22.7. The van der Waals surface area contributed by atoms with Gasteiger partial charge in [0.25, 0.3) is 0 Å². The second-order valence-corrected chi connectivity index (χ2v) is 5.30. The van der Waals surface area contributed by atoms with Gasteiger partial charge in [-0.3, -0.25) is 9.59 Å². The molecule has 0 bridgehead atoms. The first-order valence-corrected chi connectivity index (χ1v) is 7.14. The van der Waals surface area contributed by atoms with Crippen LogP contribution in [0.1, 0.15) is 12.0 Å². The van der Waals surface area contributed by atoms with Gasteiger partial charge in [-0.15, -0.1) is 0 Å². The number of aliphatic carboxylic acids is 1. The number of nitrogens with one attached hydrogen (secondary N) is 1. The molecule has 1 aliphatic heterocycles. The number of ether oxygens (including phenoxy) is 1. The molecule has 1 saturated heterocycles. The molecule has 0 radical (unpaired) electrons. The highest BCUT2D eigenvalue weighted by atomic mass is 16.6. The molecule has 0 aromatic heterocycles. The second kappa shape index (κ2) is 7.95. The number of rotatable bonds is 5. The molecule has 23 heavy (non-hydrogen) atoms. The van der Waals surface area contributed by atoms with E-state index in [2.05, 4.69) is 5.32 Å². The fourth-order valence-electron chi connectivity index (χ4n) is 2.26. The van der Waals surface area contributed by atoms with Gasteiger partial charge in [-0.05, 0) is 17.7 Å². The minimum atomic E-state index is -1.35. The predicted octanol–water partition coefficient (Wildman–Crippen LogP) is -0.671. The van der Waals surface area contributed by atoms with E-state index < -0.39 is 25.1 Å². The van der Waals surface area contributed by atoms with Gasteiger partial charge in [-0.1, -0.05) is 12.1 Å². The van der Waals surface area contributed by atoms with Crippen molar-refractivity contribution in [1.82, 2.24) is 5.32 Å². The molecular weight excluding hydrogens is 305 g/mol. The third kappa shape index (κ3) is 5.55. The lowest BCUT2D eigenvalue weighted by Gasteiger charge is -2.18. The molecular formula is C14H18BNO7. The van der Waals surface area contributed by atoms with Crippen molar-refractivity contribution in [3.8, 4) is 5.75 Å². The Kier molecular flexibility index (Phi) is 5.97. The van der Waals surface area contributed by atoms with Gasteiger partial charge >= 0.3 is 13.1 Å². The normalized spacial score (nSPS) is 21.5. The molecule has 1 fully saturated rings. The van der Waals surface area contributed by atoms with Crippen molar-refractivity contribution < 1.29 is 34.2 Å². The summed E-state index contributed by atoms with van der Waals surface area (Å²) in [5.74, 6) is -2.16. The van der Waals surface area contributed by atoms with E-state index in [-0.39, 0.29) is 37.7 Å². The van der Waals surface area contributed by atoms with E-state index in [0.29, 0.717) is 5.56 Å². The van der Waals surface area contributed by atoms with Crippen molar-refractivity contribution >= 4 is 19.0 Å². The quantitative estimate of drug-likeness (QED) is 0.530. The average Bonchev–Trinajstić information content (AvgIpc) is 2.60. The average molecular weight is 323 g/mol. The van der Waals surface area contributed by atoms with E-state index in [4.69, 9.17) is 14.5 Å². The fraction of sp³-hybridized carbons (Fsp3) is 0.429. The minimum absolute atomic E-state index is 0.0169. The highest BCUT2D eigenvalue weighted by Crippen LogP contribution is 2.12. The number of phenols is 1. The third-order valence-electron chi connectivity index (χ3n) is 3.30. The van der Waals surface area contributed by atoms with Crippen molar-refractivity contribution in [2.24, 2.45) is 0 Å². The van der Waals surface area contributed by atoms with Gasteiger partial charge in [0.2, 0.25) is 5.91 Å². The number of amides is 1.